The summed E-state index contributed by atoms with van der Waals surface area (Å²) in [6.45, 7) is 2.39. The number of hydrogen-bond acceptors (Lipinski definition) is 2. The van der Waals surface area contributed by atoms with Gasteiger partial charge in [0.25, 0.3) is 0 Å². The average Bonchev–Trinajstić information content (AvgIpc) is 2.18. The molecular formula is C12H13NO2. The highest BCUT2D eigenvalue weighted by Gasteiger charge is 2.07. The second kappa shape index (κ2) is 5.18. The van der Waals surface area contributed by atoms with E-state index in [1.54, 1.807) is 18.2 Å². The Bertz CT molecular complexity index is 427. The lowest BCUT2D eigenvalue weighted by molar-refractivity contribution is 0.0696. The Morgan fingerprint density at radius 1 is 1.53 bits per heavy atom. The van der Waals surface area contributed by atoms with Crippen molar-refractivity contribution in [1.29, 1.82) is 0 Å². The second-order valence-corrected chi connectivity index (χ2v) is 3.19. The van der Waals surface area contributed by atoms with Crippen LogP contribution in [0.1, 0.15) is 27.9 Å². The Hall–Kier alpha value is -1.79. The van der Waals surface area contributed by atoms with Gasteiger partial charge in [0, 0.05) is 18.5 Å². The molecule has 0 aromatic heterocycles. The summed E-state index contributed by atoms with van der Waals surface area (Å²) in [6, 6.07) is 5.11. The molecular weight excluding hydrogens is 190 g/mol. The van der Waals surface area contributed by atoms with Crippen molar-refractivity contribution in [2.75, 3.05) is 6.54 Å². The van der Waals surface area contributed by atoms with Gasteiger partial charge in [0.1, 0.15) is 0 Å². The Morgan fingerprint density at radius 3 is 2.87 bits per heavy atom. The van der Waals surface area contributed by atoms with Crippen molar-refractivity contribution >= 4 is 5.97 Å². The number of hydrogen-bond donors (Lipinski definition) is 2. The van der Waals surface area contributed by atoms with Gasteiger partial charge in [0.15, 0.2) is 0 Å². The fraction of sp³-hybridized carbons (Fsp3) is 0.250. The van der Waals surface area contributed by atoms with Crippen LogP contribution in [-0.4, -0.2) is 17.6 Å². The summed E-state index contributed by atoms with van der Waals surface area (Å²) in [6.07, 6.45) is 0.576. The molecule has 0 aliphatic heterocycles. The summed E-state index contributed by atoms with van der Waals surface area (Å²) < 4.78 is 0. The Kier molecular flexibility index (Phi) is 3.90. The van der Waals surface area contributed by atoms with Crippen molar-refractivity contribution in [3.05, 3.63) is 34.9 Å². The SMILES string of the molecule is Cc1ccc(C(=O)O)c(C#CCCN)c1. The molecule has 0 amide bonds. The first-order chi connectivity index (χ1) is 7.15. The van der Waals surface area contributed by atoms with E-state index in [0.29, 0.717) is 18.5 Å². The van der Waals surface area contributed by atoms with E-state index in [9.17, 15) is 4.79 Å². The van der Waals surface area contributed by atoms with Crippen molar-refractivity contribution in [2.45, 2.75) is 13.3 Å². The van der Waals surface area contributed by atoms with Crippen LogP contribution in [0.15, 0.2) is 18.2 Å². The molecule has 0 fully saturated rings. The fourth-order valence-electron chi connectivity index (χ4n) is 1.18. The highest BCUT2D eigenvalue weighted by atomic mass is 16.4. The van der Waals surface area contributed by atoms with Crippen molar-refractivity contribution in [3.8, 4) is 11.8 Å². The molecule has 0 bridgehead atoms. The van der Waals surface area contributed by atoms with Crippen molar-refractivity contribution in [2.24, 2.45) is 5.73 Å². The van der Waals surface area contributed by atoms with E-state index < -0.39 is 5.97 Å². The smallest absolute Gasteiger partial charge is 0.336 e. The third-order valence-corrected chi connectivity index (χ3v) is 1.90. The van der Waals surface area contributed by atoms with E-state index in [1.165, 1.54) is 0 Å². The maximum Gasteiger partial charge on any atom is 0.336 e. The summed E-state index contributed by atoms with van der Waals surface area (Å²) in [4.78, 5) is 10.9. The number of benzene rings is 1. The van der Waals surface area contributed by atoms with E-state index in [2.05, 4.69) is 11.8 Å². The van der Waals surface area contributed by atoms with E-state index in [0.717, 1.165) is 5.56 Å². The van der Waals surface area contributed by atoms with E-state index in [4.69, 9.17) is 10.8 Å². The zero-order valence-corrected chi connectivity index (χ0v) is 8.58. The largest absolute Gasteiger partial charge is 0.478 e. The maximum atomic E-state index is 10.9. The molecule has 15 heavy (non-hydrogen) atoms. The van der Waals surface area contributed by atoms with Gasteiger partial charge in [0.2, 0.25) is 0 Å². The number of carbonyl (C=O) groups is 1. The fourth-order valence-corrected chi connectivity index (χ4v) is 1.18. The van der Waals surface area contributed by atoms with Crippen LogP contribution in [0.25, 0.3) is 0 Å². The van der Waals surface area contributed by atoms with E-state index in [-0.39, 0.29) is 5.56 Å². The van der Waals surface area contributed by atoms with Crippen LogP contribution in [0, 0.1) is 18.8 Å². The molecule has 0 spiro atoms. The van der Waals surface area contributed by atoms with Crippen LogP contribution in [0.2, 0.25) is 0 Å². The molecule has 1 aromatic rings. The number of aryl methyl sites for hydroxylation is 1. The second-order valence-electron chi connectivity index (χ2n) is 3.19. The van der Waals surface area contributed by atoms with Crippen molar-refractivity contribution < 1.29 is 9.90 Å². The lowest BCUT2D eigenvalue weighted by Gasteiger charge is -2.00. The molecule has 0 saturated carbocycles. The number of rotatable bonds is 2. The van der Waals surface area contributed by atoms with Gasteiger partial charge in [-0.1, -0.05) is 17.9 Å². The van der Waals surface area contributed by atoms with Crippen LogP contribution >= 0.6 is 0 Å². The normalized spacial score (nSPS) is 9.20. The van der Waals surface area contributed by atoms with Crippen LogP contribution < -0.4 is 5.73 Å². The zero-order valence-electron chi connectivity index (χ0n) is 8.58. The van der Waals surface area contributed by atoms with Gasteiger partial charge in [0.05, 0.1) is 5.56 Å². The molecule has 0 unspecified atom stereocenters. The molecule has 0 heterocycles. The Balaban J connectivity index is 3.09. The predicted molar refractivity (Wildman–Crippen MR) is 58.7 cm³/mol. The minimum absolute atomic E-state index is 0.241. The molecule has 3 N–H and O–H groups in total. The summed E-state index contributed by atoms with van der Waals surface area (Å²) in [5.74, 6) is 4.71. The summed E-state index contributed by atoms with van der Waals surface area (Å²) >= 11 is 0. The number of carboxylic acids is 1. The van der Waals surface area contributed by atoms with Gasteiger partial charge >= 0.3 is 5.97 Å². The topological polar surface area (TPSA) is 63.3 Å². The Labute approximate surface area is 88.9 Å². The number of carboxylic acid groups (broad SMARTS) is 1. The molecule has 78 valence electrons. The van der Waals surface area contributed by atoms with Gasteiger partial charge in [-0.05, 0) is 24.6 Å². The molecule has 3 heteroatoms. The molecule has 0 saturated heterocycles. The molecule has 1 rings (SSSR count). The first kappa shape index (κ1) is 11.3. The number of nitrogens with two attached hydrogens (primary N) is 1. The van der Waals surface area contributed by atoms with Gasteiger partial charge in [-0.3, -0.25) is 0 Å². The standard InChI is InChI=1S/C12H13NO2/c1-9-5-6-11(12(14)15)10(8-9)4-2-3-7-13/h5-6,8H,3,7,13H2,1H3,(H,14,15). The molecule has 1 aromatic carbocycles. The van der Waals surface area contributed by atoms with Gasteiger partial charge in [-0.15, -0.1) is 0 Å². The van der Waals surface area contributed by atoms with Crippen LogP contribution in [0.3, 0.4) is 0 Å². The minimum Gasteiger partial charge on any atom is -0.478 e. The van der Waals surface area contributed by atoms with E-state index in [1.807, 2.05) is 6.92 Å². The molecule has 0 aliphatic carbocycles. The van der Waals surface area contributed by atoms with Gasteiger partial charge < -0.3 is 10.8 Å². The van der Waals surface area contributed by atoms with Gasteiger partial charge in [-0.2, -0.15) is 0 Å². The quantitative estimate of drug-likeness (QED) is 0.714. The highest BCUT2D eigenvalue weighted by Crippen LogP contribution is 2.10. The highest BCUT2D eigenvalue weighted by molar-refractivity contribution is 5.90. The molecule has 3 nitrogen and oxygen atoms in total. The summed E-state index contributed by atoms with van der Waals surface area (Å²) in [5.41, 5.74) is 7.09. The number of aromatic carboxylic acids is 1. The van der Waals surface area contributed by atoms with Crippen molar-refractivity contribution in [3.63, 3.8) is 0 Å². The molecule has 0 radical (unpaired) electrons. The van der Waals surface area contributed by atoms with Crippen molar-refractivity contribution in [1.82, 2.24) is 0 Å². The van der Waals surface area contributed by atoms with E-state index >= 15 is 0 Å². The van der Waals surface area contributed by atoms with Crippen LogP contribution in [0.4, 0.5) is 0 Å². The lowest BCUT2D eigenvalue weighted by Crippen LogP contribution is -2.00. The summed E-state index contributed by atoms with van der Waals surface area (Å²) in [7, 11) is 0. The minimum atomic E-state index is -0.952. The Morgan fingerprint density at radius 2 is 2.27 bits per heavy atom. The van der Waals surface area contributed by atoms with Gasteiger partial charge in [-0.25, -0.2) is 4.79 Å². The zero-order chi connectivity index (χ0) is 11.3. The first-order valence-corrected chi connectivity index (χ1v) is 4.68. The summed E-state index contributed by atoms with van der Waals surface area (Å²) in [5, 5.41) is 8.92. The van der Waals surface area contributed by atoms with Crippen LogP contribution in [-0.2, 0) is 0 Å². The third-order valence-electron chi connectivity index (χ3n) is 1.90. The average molecular weight is 203 g/mol. The third kappa shape index (κ3) is 3.12. The monoisotopic (exact) mass is 203 g/mol. The molecule has 0 aliphatic rings. The molecule has 0 atom stereocenters. The predicted octanol–water partition coefficient (Wildman–Crippen LogP) is 1.39. The first-order valence-electron chi connectivity index (χ1n) is 4.68. The lowest BCUT2D eigenvalue weighted by atomic mass is 10.0. The van der Waals surface area contributed by atoms with Crippen LogP contribution in [0.5, 0.6) is 0 Å². The maximum absolute atomic E-state index is 10.9.